The third kappa shape index (κ3) is 6.44. The Morgan fingerprint density at radius 3 is 1.39 bits per heavy atom. The van der Waals surface area contributed by atoms with Crippen molar-refractivity contribution in [3.63, 3.8) is 0 Å². The second-order valence-electron chi connectivity index (χ2n) is 10.9. The third-order valence-corrected chi connectivity index (χ3v) is 14.9. The molecule has 0 atom stereocenters. The predicted molar refractivity (Wildman–Crippen MR) is 185 cm³/mol. The first-order valence-corrected chi connectivity index (χ1v) is 20.5. The lowest BCUT2D eigenvalue weighted by molar-refractivity contribution is 0.421. The summed E-state index contributed by atoms with van der Waals surface area (Å²) in [5.74, 6) is 0. The zero-order valence-corrected chi connectivity index (χ0v) is 29.5. The number of benzene rings is 2. The molecule has 0 radical (unpaired) electrons. The number of sulfonamides is 2. The Bertz CT molecular complexity index is 1970. The van der Waals surface area contributed by atoms with Crippen molar-refractivity contribution in [1.29, 1.82) is 0 Å². The molecule has 0 saturated heterocycles. The van der Waals surface area contributed by atoms with Crippen molar-refractivity contribution in [3.8, 4) is 10.0 Å². The van der Waals surface area contributed by atoms with Gasteiger partial charge in [0.25, 0.3) is 0 Å². The number of hydrogen-bond donors (Lipinski definition) is 2. The Labute approximate surface area is 284 Å². The monoisotopic (exact) mass is 728 g/mol. The highest BCUT2D eigenvalue weighted by molar-refractivity contribution is 8.09. The Morgan fingerprint density at radius 2 is 1.00 bits per heavy atom. The van der Waals surface area contributed by atoms with Gasteiger partial charge in [-0.25, -0.2) is 26.8 Å². The van der Waals surface area contributed by atoms with Crippen LogP contribution < -0.4 is 10.6 Å². The van der Waals surface area contributed by atoms with Crippen LogP contribution in [0.3, 0.4) is 0 Å². The fraction of sp³-hybridized carbons (Fsp3) is 0.200. The van der Waals surface area contributed by atoms with Gasteiger partial charge in [-0.15, -0.1) is 22.7 Å². The fourth-order valence-corrected chi connectivity index (χ4v) is 11.1. The minimum atomic E-state index is -3.86. The van der Waals surface area contributed by atoms with E-state index in [2.05, 4.69) is 10.6 Å². The van der Waals surface area contributed by atoms with Gasteiger partial charge in [0.1, 0.15) is 10.1 Å². The van der Waals surface area contributed by atoms with Gasteiger partial charge in [-0.1, -0.05) is 58.9 Å². The van der Waals surface area contributed by atoms with Crippen LogP contribution in [0, 0.1) is 13.8 Å². The van der Waals surface area contributed by atoms with Gasteiger partial charge in [0.05, 0.1) is 47.4 Å². The van der Waals surface area contributed by atoms with Crippen LogP contribution in [0.25, 0.3) is 10.0 Å². The molecule has 0 spiro atoms. The van der Waals surface area contributed by atoms with Crippen molar-refractivity contribution in [2.24, 2.45) is 0 Å². The molecular weight excluding hydrogens is 701 g/mol. The summed E-state index contributed by atoms with van der Waals surface area (Å²) < 4.78 is 58.5. The van der Waals surface area contributed by atoms with Crippen LogP contribution >= 0.6 is 46.2 Å². The molecule has 2 N–H and O–H groups in total. The SMILES string of the molecule is Cc1ccc(S(=O)(=O)N2CC3=CSC(=C4NC(=CS4)CN(S(=O)(=O)c4ccc(C)cc4)Cc4csc(n4)-c4nc(cs4)C2)N3)cc1. The maximum atomic E-state index is 13.9. The summed E-state index contributed by atoms with van der Waals surface area (Å²) in [6, 6.07) is 13.7. The van der Waals surface area contributed by atoms with Crippen LogP contribution in [0.4, 0.5) is 0 Å². The second-order valence-corrected chi connectivity index (χ2v) is 18.2. The number of aromatic nitrogens is 2. The number of thiazole rings is 2. The van der Waals surface area contributed by atoms with E-state index in [1.807, 2.05) is 35.4 Å². The molecule has 0 saturated carbocycles. The van der Waals surface area contributed by atoms with Gasteiger partial charge in [-0.05, 0) is 48.9 Å². The largest absolute Gasteiger partial charge is 0.350 e. The summed E-state index contributed by atoms with van der Waals surface area (Å²) in [5.41, 5.74) is 4.60. The van der Waals surface area contributed by atoms with Crippen LogP contribution in [-0.2, 0) is 33.1 Å². The van der Waals surface area contributed by atoms with E-state index < -0.39 is 20.0 Å². The van der Waals surface area contributed by atoms with Crippen LogP contribution in [0.1, 0.15) is 22.5 Å². The second kappa shape index (κ2) is 12.6. The Morgan fingerprint density at radius 1 is 0.609 bits per heavy atom. The van der Waals surface area contributed by atoms with Crippen LogP contribution in [0.15, 0.2) is 101 Å². The lowest BCUT2D eigenvalue weighted by Gasteiger charge is -2.23. The molecule has 5 heterocycles. The van der Waals surface area contributed by atoms with Crippen LogP contribution in [0.2, 0.25) is 0 Å². The highest BCUT2D eigenvalue weighted by atomic mass is 32.2. The van der Waals surface area contributed by atoms with Gasteiger partial charge in [0.15, 0.2) is 10.0 Å². The van der Waals surface area contributed by atoms with Gasteiger partial charge in [-0.3, -0.25) is 0 Å². The maximum Gasteiger partial charge on any atom is 0.243 e. The average Bonchev–Trinajstić information content (AvgIpc) is 3.84. The maximum absolute atomic E-state index is 13.9. The molecule has 0 amide bonds. The van der Waals surface area contributed by atoms with Crippen molar-refractivity contribution >= 4 is 66.2 Å². The van der Waals surface area contributed by atoms with E-state index in [4.69, 9.17) is 9.97 Å². The highest BCUT2D eigenvalue weighted by Crippen LogP contribution is 2.37. The summed E-state index contributed by atoms with van der Waals surface area (Å²) in [4.78, 5) is 9.96. The first-order valence-electron chi connectivity index (χ1n) is 14.1. The molecule has 4 aromatic rings. The molecule has 46 heavy (non-hydrogen) atoms. The molecule has 0 fully saturated rings. The van der Waals surface area contributed by atoms with E-state index in [0.29, 0.717) is 21.4 Å². The minimum absolute atomic E-state index is 0.0712. The topological polar surface area (TPSA) is 125 Å². The molecule has 0 aliphatic carbocycles. The van der Waals surface area contributed by atoms with Crippen molar-refractivity contribution in [2.45, 2.75) is 36.7 Å². The molecule has 10 nitrogen and oxygen atoms in total. The molecule has 2 aromatic carbocycles. The summed E-state index contributed by atoms with van der Waals surface area (Å²) in [6.07, 6.45) is 0. The van der Waals surface area contributed by atoms with Gasteiger partial charge in [0, 0.05) is 22.2 Å². The first kappa shape index (κ1) is 31.6. The Hall–Kier alpha value is -2.96. The number of rotatable bonds is 4. The number of thioether (sulfide) groups is 2. The molecule has 238 valence electrons. The molecular formula is C30H28N6O4S6. The molecule has 8 bridgehead atoms. The van der Waals surface area contributed by atoms with Gasteiger partial charge < -0.3 is 10.6 Å². The number of hydrogen-bond acceptors (Lipinski definition) is 12. The predicted octanol–water partition coefficient (Wildman–Crippen LogP) is 5.76. The molecule has 0 unspecified atom stereocenters. The minimum Gasteiger partial charge on any atom is -0.350 e. The summed E-state index contributed by atoms with van der Waals surface area (Å²) in [6.45, 7) is 4.21. The van der Waals surface area contributed by atoms with Crippen LogP contribution in [0.5, 0.6) is 0 Å². The van der Waals surface area contributed by atoms with Crippen molar-refractivity contribution < 1.29 is 16.8 Å². The fourth-order valence-electron chi connectivity index (χ4n) is 4.91. The van der Waals surface area contributed by atoms with E-state index in [-0.39, 0.29) is 36.0 Å². The third-order valence-electron chi connectivity index (χ3n) is 7.37. The van der Waals surface area contributed by atoms with Crippen LogP contribution in [-0.4, -0.2) is 48.5 Å². The van der Waals surface area contributed by atoms with Gasteiger partial charge in [0.2, 0.25) is 20.0 Å². The molecule has 3 aliphatic heterocycles. The van der Waals surface area contributed by atoms with Gasteiger partial charge in [-0.2, -0.15) is 8.61 Å². The smallest absolute Gasteiger partial charge is 0.243 e. The lowest BCUT2D eigenvalue weighted by atomic mass is 10.2. The summed E-state index contributed by atoms with van der Waals surface area (Å²) in [5, 5.41) is 17.2. The van der Waals surface area contributed by atoms with Crippen molar-refractivity contribution in [1.82, 2.24) is 29.2 Å². The molecule has 16 heteroatoms. The Kier molecular flexibility index (Phi) is 8.65. The van der Waals surface area contributed by atoms with E-state index >= 15 is 0 Å². The highest BCUT2D eigenvalue weighted by Gasteiger charge is 2.31. The summed E-state index contributed by atoms with van der Waals surface area (Å²) in [7, 11) is -7.71. The number of nitrogens with zero attached hydrogens (tertiary/aromatic N) is 4. The van der Waals surface area contributed by atoms with Gasteiger partial charge >= 0.3 is 0 Å². The number of fused-ring (bicyclic) bond motifs is 9. The van der Waals surface area contributed by atoms with Crippen molar-refractivity contribution in [3.05, 3.63) is 114 Å². The zero-order valence-electron chi connectivity index (χ0n) is 24.6. The van der Waals surface area contributed by atoms with E-state index in [9.17, 15) is 16.8 Å². The van der Waals surface area contributed by atoms with E-state index in [1.54, 1.807) is 48.5 Å². The van der Waals surface area contributed by atoms with E-state index in [1.165, 1.54) is 54.8 Å². The zero-order chi connectivity index (χ0) is 32.1. The molecule has 3 aliphatic rings. The quantitative estimate of drug-likeness (QED) is 0.268. The first-order chi connectivity index (χ1) is 22.0. The number of aryl methyl sites for hydroxylation is 2. The molecule has 7 rings (SSSR count). The summed E-state index contributed by atoms with van der Waals surface area (Å²) >= 11 is 5.68. The number of nitrogens with one attached hydrogen (secondary N) is 2. The normalized spacial score (nSPS) is 18.0. The Balaban J connectivity index is 1.26. The lowest BCUT2D eigenvalue weighted by Crippen LogP contribution is -2.35. The average molecular weight is 729 g/mol. The van der Waals surface area contributed by atoms with E-state index in [0.717, 1.165) is 32.6 Å². The van der Waals surface area contributed by atoms with Crippen molar-refractivity contribution in [2.75, 3.05) is 13.1 Å². The standard InChI is InChI=1S/C30H28N6O4S6/c1-19-3-7-25(8-4-19)45(37,38)35-11-21-15-41-27(31-21)29-33-23(17-43-29)13-36(46(39,40)26-9-5-20(2)6-10-26)14-24-18-44-30(34-24)28-32-22(12-35)16-42-28/h3-10,15-18,31,33H,11-14H2,1-2H3. The molecule has 2 aromatic heterocycles.